The van der Waals surface area contributed by atoms with E-state index in [1.165, 1.54) is 0 Å². The van der Waals surface area contributed by atoms with Gasteiger partial charge in [-0.05, 0) is 25.8 Å². The highest BCUT2D eigenvalue weighted by Gasteiger charge is 2.19. The molecule has 0 fully saturated rings. The fourth-order valence-corrected chi connectivity index (χ4v) is 3.00. The van der Waals surface area contributed by atoms with E-state index in [0.29, 0.717) is 22.9 Å². The SMILES string of the molecule is CC[C@H](CO)Nc1nc(NC(CO)c2ccccc2)c2ncn(C(C)C)c2n1. The van der Waals surface area contributed by atoms with Crippen molar-refractivity contribution in [2.75, 3.05) is 23.8 Å². The van der Waals surface area contributed by atoms with Crippen molar-refractivity contribution in [3.8, 4) is 0 Å². The Hall–Kier alpha value is -2.71. The van der Waals surface area contributed by atoms with Gasteiger partial charge < -0.3 is 25.4 Å². The number of benzene rings is 1. The maximum Gasteiger partial charge on any atom is 0.227 e. The van der Waals surface area contributed by atoms with E-state index < -0.39 is 0 Å². The molecule has 8 nitrogen and oxygen atoms in total. The minimum atomic E-state index is -0.323. The van der Waals surface area contributed by atoms with Crippen molar-refractivity contribution in [1.82, 2.24) is 19.5 Å². The van der Waals surface area contributed by atoms with Crippen LogP contribution in [0, 0.1) is 0 Å². The molecule has 3 rings (SSSR count). The predicted molar refractivity (Wildman–Crippen MR) is 110 cm³/mol. The lowest BCUT2D eigenvalue weighted by atomic mass is 10.1. The van der Waals surface area contributed by atoms with Crippen LogP contribution in [0.5, 0.6) is 0 Å². The van der Waals surface area contributed by atoms with Crippen molar-refractivity contribution in [1.29, 1.82) is 0 Å². The fourth-order valence-electron chi connectivity index (χ4n) is 3.00. The van der Waals surface area contributed by atoms with Crippen LogP contribution in [0.25, 0.3) is 11.2 Å². The second kappa shape index (κ2) is 8.99. The van der Waals surface area contributed by atoms with Gasteiger partial charge in [-0.1, -0.05) is 37.3 Å². The van der Waals surface area contributed by atoms with E-state index in [2.05, 4.69) is 39.4 Å². The van der Waals surface area contributed by atoms with Crippen LogP contribution in [-0.4, -0.2) is 49.0 Å². The van der Waals surface area contributed by atoms with Crippen molar-refractivity contribution in [3.05, 3.63) is 42.2 Å². The second-order valence-electron chi connectivity index (χ2n) is 7.04. The average molecular weight is 384 g/mol. The summed E-state index contributed by atoms with van der Waals surface area (Å²) in [7, 11) is 0. The van der Waals surface area contributed by atoms with Gasteiger partial charge in [0, 0.05) is 6.04 Å². The Morgan fingerprint density at radius 2 is 1.79 bits per heavy atom. The van der Waals surface area contributed by atoms with Crippen molar-refractivity contribution in [2.45, 2.75) is 45.3 Å². The Morgan fingerprint density at radius 3 is 2.39 bits per heavy atom. The smallest absolute Gasteiger partial charge is 0.227 e. The van der Waals surface area contributed by atoms with Gasteiger partial charge >= 0.3 is 0 Å². The number of aliphatic hydroxyl groups is 2. The van der Waals surface area contributed by atoms with Crippen LogP contribution < -0.4 is 10.6 Å². The molecule has 1 aromatic carbocycles. The number of imidazole rings is 1. The minimum Gasteiger partial charge on any atom is -0.394 e. The van der Waals surface area contributed by atoms with Crippen molar-refractivity contribution in [2.24, 2.45) is 0 Å². The lowest BCUT2D eigenvalue weighted by Gasteiger charge is -2.19. The van der Waals surface area contributed by atoms with Crippen LogP contribution in [0.2, 0.25) is 0 Å². The molecule has 28 heavy (non-hydrogen) atoms. The normalized spacial score (nSPS) is 13.6. The molecule has 0 bridgehead atoms. The van der Waals surface area contributed by atoms with Gasteiger partial charge in [-0.25, -0.2) is 4.98 Å². The number of anilines is 2. The van der Waals surface area contributed by atoms with E-state index in [4.69, 9.17) is 0 Å². The van der Waals surface area contributed by atoms with Gasteiger partial charge in [0.1, 0.15) is 0 Å². The Morgan fingerprint density at radius 1 is 1.04 bits per heavy atom. The Kier molecular flexibility index (Phi) is 6.43. The Labute approximate surface area is 164 Å². The molecule has 4 N–H and O–H groups in total. The molecule has 8 heteroatoms. The molecule has 0 saturated heterocycles. The number of fused-ring (bicyclic) bond motifs is 1. The number of aromatic nitrogens is 4. The summed E-state index contributed by atoms with van der Waals surface area (Å²) in [4.78, 5) is 13.7. The second-order valence-corrected chi connectivity index (χ2v) is 7.04. The molecule has 0 radical (unpaired) electrons. The van der Waals surface area contributed by atoms with Crippen molar-refractivity contribution in [3.63, 3.8) is 0 Å². The van der Waals surface area contributed by atoms with E-state index in [9.17, 15) is 10.2 Å². The van der Waals surface area contributed by atoms with Gasteiger partial charge in [0.2, 0.25) is 5.95 Å². The number of rotatable bonds is 9. The molecule has 1 unspecified atom stereocenters. The Balaban J connectivity index is 2.03. The van der Waals surface area contributed by atoms with Gasteiger partial charge in [0.25, 0.3) is 0 Å². The minimum absolute atomic E-state index is 0.00657. The predicted octanol–water partition coefficient (Wildman–Crippen LogP) is 2.74. The van der Waals surface area contributed by atoms with E-state index in [1.54, 1.807) is 6.33 Å². The lowest BCUT2D eigenvalue weighted by molar-refractivity contribution is 0.271. The van der Waals surface area contributed by atoms with Crippen molar-refractivity contribution >= 4 is 22.9 Å². The topological polar surface area (TPSA) is 108 Å². The van der Waals surface area contributed by atoms with E-state index in [1.807, 2.05) is 41.8 Å². The molecule has 150 valence electrons. The third-order valence-corrected chi connectivity index (χ3v) is 4.72. The highest BCUT2D eigenvalue weighted by molar-refractivity contribution is 5.84. The zero-order valence-electron chi connectivity index (χ0n) is 16.5. The third kappa shape index (κ3) is 4.23. The molecule has 0 spiro atoms. The molecule has 0 amide bonds. The first-order valence-corrected chi connectivity index (χ1v) is 9.61. The first kappa shape index (κ1) is 20.0. The van der Waals surface area contributed by atoms with Crippen LogP contribution in [0.15, 0.2) is 36.7 Å². The first-order chi connectivity index (χ1) is 13.6. The molecular weight excluding hydrogens is 356 g/mol. The summed E-state index contributed by atoms with van der Waals surface area (Å²) in [5.41, 5.74) is 2.30. The summed E-state index contributed by atoms with van der Waals surface area (Å²) >= 11 is 0. The highest BCUT2D eigenvalue weighted by atomic mass is 16.3. The monoisotopic (exact) mass is 384 g/mol. The molecule has 2 heterocycles. The van der Waals surface area contributed by atoms with E-state index in [0.717, 1.165) is 12.0 Å². The molecule has 2 aromatic heterocycles. The average Bonchev–Trinajstić information content (AvgIpc) is 3.15. The third-order valence-electron chi connectivity index (χ3n) is 4.72. The lowest BCUT2D eigenvalue weighted by Crippen LogP contribution is -2.24. The summed E-state index contributed by atoms with van der Waals surface area (Å²) in [6.45, 7) is 6.02. The molecule has 0 saturated carbocycles. The van der Waals surface area contributed by atoms with Gasteiger partial charge in [-0.3, -0.25) is 0 Å². The van der Waals surface area contributed by atoms with Gasteiger partial charge in [-0.15, -0.1) is 0 Å². The number of nitrogens with zero attached hydrogens (tertiary/aromatic N) is 4. The molecular formula is C20H28N6O2. The summed E-state index contributed by atoms with van der Waals surface area (Å²) in [6.07, 6.45) is 2.49. The summed E-state index contributed by atoms with van der Waals surface area (Å²) in [5.74, 6) is 0.964. The summed E-state index contributed by atoms with van der Waals surface area (Å²) < 4.78 is 1.98. The summed E-state index contributed by atoms with van der Waals surface area (Å²) in [5, 5.41) is 25.9. The van der Waals surface area contributed by atoms with Crippen LogP contribution in [0.1, 0.15) is 44.8 Å². The van der Waals surface area contributed by atoms with Crippen molar-refractivity contribution < 1.29 is 10.2 Å². The van der Waals surface area contributed by atoms with Crippen LogP contribution in [0.4, 0.5) is 11.8 Å². The largest absolute Gasteiger partial charge is 0.394 e. The number of hydrogen-bond acceptors (Lipinski definition) is 7. The van der Waals surface area contributed by atoms with Crippen LogP contribution in [0.3, 0.4) is 0 Å². The summed E-state index contributed by atoms with van der Waals surface area (Å²) in [6, 6.07) is 9.44. The standard InChI is InChI=1S/C20H28N6O2/c1-4-15(10-27)22-20-24-18(17-19(25-20)26(12-21-17)13(2)3)23-16(11-28)14-8-6-5-7-9-14/h5-9,12-13,15-16,27-28H,4,10-11H2,1-3H3,(H2,22,23,24,25)/t15-,16?/m1/s1. The van der Waals surface area contributed by atoms with E-state index >= 15 is 0 Å². The number of hydrogen-bond donors (Lipinski definition) is 4. The van der Waals surface area contributed by atoms with Gasteiger partial charge in [0.05, 0.1) is 31.6 Å². The first-order valence-electron chi connectivity index (χ1n) is 9.61. The Bertz CT molecular complexity index is 892. The quantitative estimate of drug-likeness (QED) is 0.449. The molecule has 0 aliphatic heterocycles. The zero-order valence-corrected chi connectivity index (χ0v) is 16.5. The highest BCUT2D eigenvalue weighted by Crippen LogP contribution is 2.27. The zero-order chi connectivity index (χ0) is 20.1. The van der Waals surface area contributed by atoms with Crippen LogP contribution in [-0.2, 0) is 0 Å². The van der Waals surface area contributed by atoms with Crippen LogP contribution >= 0.6 is 0 Å². The van der Waals surface area contributed by atoms with E-state index in [-0.39, 0.29) is 31.3 Å². The maximum atomic E-state index is 9.92. The molecule has 3 aromatic rings. The van der Waals surface area contributed by atoms with Gasteiger partial charge in [-0.2, -0.15) is 9.97 Å². The molecule has 0 aliphatic carbocycles. The van der Waals surface area contributed by atoms with Gasteiger partial charge in [0.15, 0.2) is 17.0 Å². The molecule has 0 aliphatic rings. The molecule has 2 atom stereocenters. The number of nitrogens with one attached hydrogen (secondary N) is 2. The fraction of sp³-hybridized carbons (Fsp3) is 0.450. The number of aliphatic hydroxyl groups excluding tert-OH is 2. The maximum absolute atomic E-state index is 9.92.